The summed E-state index contributed by atoms with van der Waals surface area (Å²) in [4.78, 5) is 10.6. The van der Waals surface area contributed by atoms with Crippen molar-refractivity contribution in [1.29, 1.82) is 5.26 Å². The SMILES string of the molecule is CCc1cc(CC(=O)O)cc(I)c1C#N. The van der Waals surface area contributed by atoms with Crippen LogP contribution in [0.5, 0.6) is 0 Å². The van der Waals surface area contributed by atoms with Crippen LogP contribution in [0, 0.1) is 14.9 Å². The van der Waals surface area contributed by atoms with Crippen LogP contribution in [0.1, 0.15) is 23.6 Å². The highest BCUT2D eigenvalue weighted by Gasteiger charge is 2.09. The maximum absolute atomic E-state index is 10.6. The van der Waals surface area contributed by atoms with Crippen LogP contribution >= 0.6 is 22.6 Å². The van der Waals surface area contributed by atoms with Gasteiger partial charge in [0.2, 0.25) is 0 Å². The number of hydrogen-bond donors (Lipinski definition) is 1. The molecule has 0 aliphatic heterocycles. The standard InChI is InChI=1S/C11H10INO2/c1-2-8-3-7(5-11(14)15)4-10(12)9(8)6-13/h3-4H,2,5H2,1H3,(H,14,15). The molecule has 0 spiro atoms. The van der Waals surface area contributed by atoms with Gasteiger partial charge >= 0.3 is 5.97 Å². The molecule has 0 heterocycles. The van der Waals surface area contributed by atoms with E-state index in [-0.39, 0.29) is 6.42 Å². The Morgan fingerprint density at radius 2 is 2.27 bits per heavy atom. The zero-order chi connectivity index (χ0) is 11.4. The van der Waals surface area contributed by atoms with E-state index in [0.717, 1.165) is 21.1 Å². The second-order valence-corrected chi connectivity index (χ2v) is 4.31. The number of nitriles is 1. The topological polar surface area (TPSA) is 61.1 Å². The summed E-state index contributed by atoms with van der Waals surface area (Å²) in [6, 6.07) is 5.70. The van der Waals surface area contributed by atoms with Gasteiger partial charge in [-0.1, -0.05) is 13.0 Å². The lowest BCUT2D eigenvalue weighted by Gasteiger charge is -2.06. The minimum absolute atomic E-state index is 0.00864. The van der Waals surface area contributed by atoms with E-state index in [0.29, 0.717) is 5.56 Å². The van der Waals surface area contributed by atoms with E-state index in [9.17, 15) is 4.79 Å². The third-order valence-corrected chi connectivity index (χ3v) is 2.93. The quantitative estimate of drug-likeness (QED) is 0.871. The van der Waals surface area contributed by atoms with Gasteiger partial charge in [-0.15, -0.1) is 0 Å². The number of aryl methyl sites for hydroxylation is 1. The normalized spacial score (nSPS) is 9.67. The Morgan fingerprint density at radius 1 is 1.60 bits per heavy atom. The molecule has 15 heavy (non-hydrogen) atoms. The number of halogens is 1. The molecule has 1 aromatic rings. The fraction of sp³-hybridized carbons (Fsp3) is 0.273. The Hall–Kier alpha value is -1.09. The van der Waals surface area contributed by atoms with E-state index in [1.165, 1.54) is 0 Å². The van der Waals surface area contributed by atoms with Gasteiger partial charge in [0.15, 0.2) is 0 Å². The fourth-order valence-corrected chi connectivity index (χ4v) is 2.27. The van der Waals surface area contributed by atoms with Crippen molar-refractivity contribution in [2.24, 2.45) is 0 Å². The lowest BCUT2D eigenvalue weighted by atomic mass is 10.0. The summed E-state index contributed by atoms with van der Waals surface area (Å²) >= 11 is 2.07. The first-order valence-corrected chi connectivity index (χ1v) is 5.59. The highest BCUT2D eigenvalue weighted by molar-refractivity contribution is 14.1. The number of benzene rings is 1. The second-order valence-electron chi connectivity index (χ2n) is 3.15. The number of carboxylic acids is 1. The monoisotopic (exact) mass is 315 g/mol. The first-order chi connectivity index (χ1) is 7.08. The third-order valence-electron chi connectivity index (χ3n) is 2.08. The molecule has 0 saturated heterocycles. The Labute approximate surface area is 102 Å². The van der Waals surface area contributed by atoms with Crippen LogP contribution in [-0.4, -0.2) is 11.1 Å². The van der Waals surface area contributed by atoms with Crippen LogP contribution in [0.2, 0.25) is 0 Å². The molecular weight excluding hydrogens is 305 g/mol. The average molecular weight is 315 g/mol. The molecule has 0 aromatic heterocycles. The van der Waals surface area contributed by atoms with Crippen molar-refractivity contribution in [3.05, 3.63) is 32.4 Å². The number of nitrogens with zero attached hydrogens (tertiary/aromatic N) is 1. The molecule has 0 unspecified atom stereocenters. The van der Waals surface area contributed by atoms with Gasteiger partial charge in [0, 0.05) is 3.57 Å². The van der Waals surface area contributed by atoms with Gasteiger partial charge in [-0.25, -0.2) is 0 Å². The van der Waals surface area contributed by atoms with Gasteiger partial charge in [0.05, 0.1) is 12.0 Å². The maximum atomic E-state index is 10.6. The summed E-state index contributed by atoms with van der Waals surface area (Å²) in [6.07, 6.45) is 0.751. The number of hydrogen-bond acceptors (Lipinski definition) is 2. The summed E-state index contributed by atoms with van der Waals surface area (Å²) < 4.78 is 0.825. The first kappa shape index (κ1) is 12.0. The molecule has 1 aromatic carbocycles. The minimum Gasteiger partial charge on any atom is -0.481 e. The van der Waals surface area contributed by atoms with Crippen molar-refractivity contribution in [2.75, 3.05) is 0 Å². The molecule has 4 heteroatoms. The lowest BCUT2D eigenvalue weighted by Crippen LogP contribution is -2.03. The highest BCUT2D eigenvalue weighted by Crippen LogP contribution is 2.20. The van der Waals surface area contributed by atoms with E-state index in [1.54, 1.807) is 12.1 Å². The van der Waals surface area contributed by atoms with E-state index in [4.69, 9.17) is 10.4 Å². The molecule has 0 aliphatic rings. The highest BCUT2D eigenvalue weighted by atomic mass is 127. The molecule has 0 fully saturated rings. The van der Waals surface area contributed by atoms with Crippen molar-refractivity contribution in [3.8, 4) is 6.07 Å². The van der Waals surface area contributed by atoms with Crippen LogP contribution < -0.4 is 0 Å². The molecule has 0 radical (unpaired) electrons. The van der Waals surface area contributed by atoms with Crippen LogP contribution in [0.15, 0.2) is 12.1 Å². The lowest BCUT2D eigenvalue weighted by molar-refractivity contribution is -0.136. The number of carboxylic acid groups (broad SMARTS) is 1. The Kier molecular flexibility index (Phi) is 4.09. The van der Waals surface area contributed by atoms with E-state index >= 15 is 0 Å². The Bertz CT molecular complexity index is 435. The molecule has 0 amide bonds. The molecule has 0 saturated carbocycles. The van der Waals surface area contributed by atoms with Crippen molar-refractivity contribution >= 4 is 28.6 Å². The molecule has 0 bridgehead atoms. The third kappa shape index (κ3) is 2.93. The molecule has 1 N–H and O–H groups in total. The Balaban J connectivity index is 3.21. The molecular formula is C11H10INO2. The minimum atomic E-state index is -0.849. The molecule has 1 rings (SSSR count). The summed E-state index contributed by atoms with van der Waals surface area (Å²) in [5.74, 6) is -0.849. The van der Waals surface area contributed by atoms with E-state index in [1.807, 2.05) is 6.92 Å². The van der Waals surface area contributed by atoms with Gasteiger partial charge in [-0.3, -0.25) is 4.79 Å². The molecule has 0 aliphatic carbocycles. The van der Waals surface area contributed by atoms with Gasteiger partial charge in [-0.2, -0.15) is 5.26 Å². The first-order valence-electron chi connectivity index (χ1n) is 4.51. The summed E-state index contributed by atoms with van der Waals surface area (Å²) in [5, 5.41) is 17.6. The number of rotatable bonds is 3. The second kappa shape index (κ2) is 5.12. The maximum Gasteiger partial charge on any atom is 0.307 e. The molecule has 0 atom stereocenters. The van der Waals surface area contributed by atoms with Crippen molar-refractivity contribution in [3.63, 3.8) is 0 Å². The van der Waals surface area contributed by atoms with Gasteiger partial charge in [0.1, 0.15) is 6.07 Å². The summed E-state index contributed by atoms with van der Waals surface area (Å²) in [5.41, 5.74) is 2.33. The van der Waals surface area contributed by atoms with Crippen molar-refractivity contribution in [1.82, 2.24) is 0 Å². The van der Waals surface area contributed by atoms with E-state index < -0.39 is 5.97 Å². The molecule has 3 nitrogen and oxygen atoms in total. The predicted molar refractivity (Wildman–Crippen MR) is 64.6 cm³/mol. The van der Waals surface area contributed by atoms with Crippen LogP contribution in [0.25, 0.3) is 0 Å². The zero-order valence-electron chi connectivity index (χ0n) is 8.25. The van der Waals surface area contributed by atoms with Crippen molar-refractivity contribution < 1.29 is 9.90 Å². The van der Waals surface area contributed by atoms with Crippen LogP contribution in [-0.2, 0) is 17.6 Å². The summed E-state index contributed by atoms with van der Waals surface area (Å²) in [7, 11) is 0. The van der Waals surface area contributed by atoms with Crippen molar-refractivity contribution in [2.45, 2.75) is 19.8 Å². The molecule has 78 valence electrons. The van der Waals surface area contributed by atoms with Gasteiger partial charge in [-0.05, 0) is 46.2 Å². The van der Waals surface area contributed by atoms with Gasteiger partial charge < -0.3 is 5.11 Å². The smallest absolute Gasteiger partial charge is 0.307 e. The van der Waals surface area contributed by atoms with Gasteiger partial charge in [0.25, 0.3) is 0 Å². The van der Waals surface area contributed by atoms with Crippen LogP contribution in [0.3, 0.4) is 0 Å². The van der Waals surface area contributed by atoms with Crippen LogP contribution in [0.4, 0.5) is 0 Å². The average Bonchev–Trinajstić information content (AvgIpc) is 2.15. The van der Waals surface area contributed by atoms with E-state index in [2.05, 4.69) is 28.7 Å². The predicted octanol–water partition coefficient (Wildman–Crippen LogP) is 2.35. The number of aliphatic carboxylic acids is 1. The summed E-state index contributed by atoms with van der Waals surface area (Å²) in [6.45, 7) is 1.96. The number of carbonyl (C=O) groups is 1. The Morgan fingerprint density at radius 3 is 2.73 bits per heavy atom. The largest absolute Gasteiger partial charge is 0.481 e. The zero-order valence-corrected chi connectivity index (χ0v) is 10.4. The fourth-order valence-electron chi connectivity index (χ4n) is 1.41.